The minimum absolute atomic E-state index is 0.0958. The first kappa shape index (κ1) is 14.9. The van der Waals surface area contributed by atoms with Crippen LogP contribution in [0.2, 0.25) is 0 Å². The number of ether oxygens (including phenoxy) is 2. The monoisotopic (exact) mass is 295 g/mol. The van der Waals surface area contributed by atoms with Gasteiger partial charge >= 0.3 is 0 Å². The fraction of sp³-hybridized carbons (Fsp3) is 0.867. The Morgan fingerprint density at radius 1 is 1.33 bits per heavy atom. The van der Waals surface area contributed by atoms with Gasteiger partial charge in [0, 0.05) is 20.3 Å². The van der Waals surface area contributed by atoms with E-state index in [-0.39, 0.29) is 17.7 Å². The maximum Gasteiger partial charge on any atom is 0.243 e. The zero-order valence-corrected chi connectivity index (χ0v) is 12.9. The third-order valence-corrected chi connectivity index (χ3v) is 4.65. The summed E-state index contributed by atoms with van der Waals surface area (Å²) >= 11 is 0. The molecule has 0 spiro atoms. The van der Waals surface area contributed by atoms with E-state index in [9.17, 15) is 0 Å². The summed E-state index contributed by atoms with van der Waals surface area (Å²) in [6.07, 6.45) is 6.66. The van der Waals surface area contributed by atoms with E-state index in [0.717, 1.165) is 44.5 Å². The molecule has 1 aromatic rings. The van der Waals surface area contributed by atoms with Crippen LogP contribution in [0.25, 0.3) is 0 Å². The summed E-state index contributed by atoms with van der Waals surface area (Å²) in [5, 5.41) is 7.61. The second kappa shape index (κ2) is 6.42. The highest BCUT2D eigenvalue weighted by molar-refractivity contribution is 5.06. The van der Waals surface area contributed by atoms with Crippen LogP contribution >= 0.6 is 0 Å². The molecule has 2 heterocycles. The van der Waals surface area contributed by atoms with Gasteiger partial charge in [0.1, 0.15) is 5.60 Å². The molecule has 1 aliphatic carbocycles. The van der Waals surface area contributed by atoms with E-state index in [2.05, 4.69) is 15.5 Å². The van der Waals surface area contributed by atoms with E-state index < -0.39 is 0 Å². The summed E-state index contributed by atoms with van der Waals surface area (Å²) in [5.74, 6) is 1.39. The summed E-state index contributed by atoms with van der Waals surface area (Å²) in [6.45, 7) is 3.53. The minimum Gasteiger partial charge on any atom is -0.380 e. The lowest BCUT2D eigenvalue weighted by Crippen LogP contribution is -2.33. The normalized spacial score (nSPS) is 28.9. The standard InChI is InChI=1S/C15H25N3O3/c1-3-20-15(7-5-4-6-8-15)14-17-13(21-18-14)12-9-11(19-2)10-16-12/h11-12,16H,3-10H2,1-2H3/t11-,12+/m0/s1. The number of aromatic nitrogens is 2. The van der Waals surface area contributed by atoms with Gasteiger partial charge in [-0.2, -0.15) is 4.98 Å². The lowest BCUT2D eigenvalue weighted by atomic mass is 9.84. The summed E-state index contributed by atoms with van der Waals surface area (Å²) < 4.78 is 16.9. The van der Waals surface area contributed by atoms with Gasteiger partial charge in [-0.05, 0) is 26.2 Å². The molecule has 1 aliphatic heterocycles. The minimum atomic E-state index is -0.339. The van der Waals surface area contributed by atoms with Crippen LogP contribution < -0.4 is 5.32 Å². The molecule has 2 aliphatic rings. The summed E-state index contributed by atoms with van der Waals surface area (Å²) in [6, 6.07) is 0.0958. The highest BCUT2D eigenvalue weighted by atomic mass is 16.5. The van der Waals surface area contributed by atoms with Crippen molar-refractivity contribution in [3.63, 3.8) is 0 Å². The van der Waals surface area contributed by atoms with Crippen molar-refractivity contribution in [3.05, 3.63) is 11.7 Å². The molecule has 2 fully saturated rings. The van der Waals surface area contributed by atoms with Crippen LogP contribution in [0.5, 0.6) is 0 Å². The predicted molar refractivity (Wildman–Crippen MR) is 76.8 cm³/mol. The van der Waals surface area contributed by atoms with Crippen molar-refractivity contribution < 1.29 is 14.0 Å². The molecule has 0 aromatic carbocycles. The first-order chi connectivity index (χ1) is 10.3. The van der Waals surface area contributed by atoms with Gasteiger partial charge in [-0.1, -0.05) is 24.4 Å². The number of hydrogen-bond donors (Lipinski definition) is 1. The van der Waals surface area contributed by atoms with Gasteiger partial charge in [0.2, 0.25) is 11.7 Å². The maximum atomic E-state index is 6.04. The summed E-state index contributed by atoms with van der Waals surface area (Å²) in [5.41, 5.74) is -0.339. The zero-order chi connectivity index (χ0) is 14.7. The fourth-order valence-electron chi connectivity index (χ4n) is 3.46. The number of nitrogens with one attached hydrogen (secondary N) is 1. The molecule has 1 aromatic heterocycles. The van der Waals surface area contributed by atoms with Gasteiger partial charge < -0.3 is 19.3 Å². The third-order valence-electron chi connectivity index (χ3n) is 4.65. The molecule has 3 rings (SSSR count). The lowest BCUT2D eigenvalue weighted by molar-refractivity contribution is -0.0777. The van der Waals surface area contributed by atoms with Crippen molar-refractivity contribution in [2.45, 2.75) is 63.2 Å². The molecule has 1 N–H and O–H groups in total. The molecule has 2 atom stereocenters. The first-order valence-electron chi connectivity index (χ1n) is 8.01. The van der Waals surface area contributed by atoms with Crippen molar-refractivity contribution in [1.29, 1.82) is 0 Å². The van der Waals surface area contributed by atoms with E-state index in [1.54, 1.807) is 7.11 Å². The SMILES string of the molecule is CCOC1(c2noc([C@H]3C[C@H](OC)CN3)n2)CCCCC1. The van der Waals surface area contributed by atoms with Gasteiger partial charge in [0.15, 0.2) is 0 Å². The molecule has 0 amide bonds. The Morgan fingerprint density at radius 2 is 2.14 bits per heavy atom. The lowest BCUT2D eigenvalue weighted by Gasteiger charge is -2.33. The van der Waals surface area contributed by atoms with E-state index in [1.807, 2.05) is 6.92 Å². The van der Waals surface area contributed by atoms with Crippen LogP contribution in [-0.2, 0) is 15.1 Å². The molecule has 6 heteroatoms. The molecule has 118 valence electrons. The van der Waals surface area contributed by atoms with Gasteiger partial charge in [0.05, 0.1) is 12.1 Å². The van der Waals surface area contributed by atoms with Gasteiger partial charge in [0.25, 0.3) is 0 Å². The van der Waals surface area contributed by atoms with E-state index in [1.165, 1.54) is 6.42 Å². The van der Waals surface area contributed by atoms with Crippen molar-refractivity contribution in [2.75, 3.05) is 20.3 Å². The molecule has 0 radical (unpaired) electrons. The largest absolute Gasteiger partial charge is 0.380 e. The molecule has 0 bridgehead atoms. The van der Waals surface area contributed by atoms with Crippen LogP contribution in [0.1, 0.15) is 63.2 Å². The molecular formula is C15H25N3O3. The number of hydrogen-bond acceptors (Lipinski definition) is 6. The fourth-order valence-corrected chi connectivity index (χ4v) is 3.46. The summed E-state index contributed by atoms with van der Waals surface area (Å²) in [4.78, 5) is 4.65. The van der Waals surface area contributed by atoms with Crippen molar-refractivity contribution >= 4 is 0 Å². The van der Waals surface area contributed by atoms with Crippen LogP contribution in [0.15, 0.2) is 4.52 Å². The molecule has 6 nitrogen and oxygen atoms in total. The number of methoxy groups -OCH3 is 1. The Morgan fingerprint density at radius 3 is 2.81 bits per heavy atom. The highest BCUT2D eigenvalue weighted by Gasteiger charge is 2.40. The second-order valence-corrected chi connectivity index (χ2v) is 6.00. The molecular weight excluding hydrogens is 270 g/mol. The van der Waals surface area contributed by atoms with Crippen LogP contribution in [0.4, 0.5) is 0 Å². The second-order valence-electron chi connectivity index (χ2n) is 6.00. The van der Waals surface area contributed by atoms with Gasteiger partial charge in [-0.3, -0.25) is 0 Å². The van der Waals surface area contributed by atoms with Crippen LogP contribution in [0, 0.1) is 0 Å². The number of rotatable bonds is 5. The smallest absolute Gasteiger partial charge is 0.243 e. The topological polar surface area (TPSA) is 69.4 Å². The average molecular weight is 295 g/mol. The maximum absolute atomic E-state index is 6.04. The third kappa shape index (κ3) is 2.98. The number of nitrogens with zero attached hydrogens (tertiary/aromatic N) is 2. The Kier molecular flexibility index (Phi) is 4.57. The predicted octanol–water partition coefficient (Wildman–Crippen LogP) is 2.31. The Labute approximate surface area is 125 Å². The molecule has 0 unspecified atom stereocenters. The Hall–Kier alpha value is -0.980. The molecule has 1 saturated carbocycles. The quantitative estimate of drug-likeness (QED) is 0.899. The average Bonchev–Trinajstić information content (AvgIpc) is 3.17. The van der Waals surface area contributed by atoms with Crippen molar-refractivity contribution in [3.8, 4) is 0 Å². The first-order valence-corrected chi connectivity index (χ1v) is 8.01. The van der Waals surface area contributed by atoms with Crippen molar-refractivity contribution in [2.24, 2.45) is 0 Å². The Bertz CT molecular complexity index is 451. The molecule has 1 saturated heterocycles. The van der Waals surface area contributed by atoms with E-state index in [0.29, 0.717) is 12.5 Å². The van der Waals surface area contributed by atoms with Crippen LogP contribution in [0.3, 0.4) is 0 Å². The Balaban J connectivity index is 1.76. The van der Waals surface area contributed by atoms with E-state index in [4.69, 9.17) is 14.0 Å². The van der Waals surface area contributed by atoms with Gasteiger partial charge in [-0.15, -0.1) is 0 Å². The molecule has 21 heavy (non-hydrogen) atoms. The van der Waals surface area contributed by atoms with E-state index >= 15 is 0 Å². The highest BCUT2D eigenvalue weighted by Crippen LogP contribution is 2.39. The van der Waals surface area contributed by atoms with Gasteiger partial charge in [-0.25, -0.2) is 0 Å². The van der Waals surface area contributed by atoms with Crippen LogP contribution in [-0.4, -0.2) is 36.5 Å². The van der Waals surface area contributed by atoms with Crippen molar-refractivity contribution in [1.82, 2.24) is 15.5 Å². The zero-order valence-electron chi connectivity index (χ0n) is 12.9. The summed E-state index contributed by atoms with van der Waals surface area (Å²) in [7, 11) is 1.74.